The van der Waals surface area contributed by atoms with Gasteiger partial charge in [-0.15, -0.1) is 0 Å². The fourth-order valence-corrected chi connectivity index (χ4v) is 2.62. The van der Waals surface area contributed by atoms with Crippen LogP contribution < -0.4 is 15.0 Å². The molecule has 2 atom stereocenters. The number of halogens is 1. The van der Waals surface area contributed by atoms with Gasteiger partial charge in [-0.2, -0.15) is 0 Å². The van der Waals surface area contributed by atoms with Crippen molar-refractivity contribution in [3.8, 4) is 5.75 Å². The molecule has 0 fully saturated rings. The highest BCUT2D eigenvalue weighted by Crippen LogP contribution is 2.36. The van der Waals surface area contributed by atoms with Crippen LogP contribution in [0.5, 0.6) is 5.75 Å². The van der Waals surface area contributed by atoms with Crippen molar-refractivity contribution in [3.63, 3.8) is 0 Å². The quantitative estimate of drug-likeness (QED) is 0.897. The van der Waals surface area contributed by atoms with Gasteiger partial charge >= 0.3 is 0 Å². The zero-order valence-electron chi connectivity index (χ0n) is 13.8. The van der Waals surface area contributed by atoms with Gasteiger partial charge in [0.25, 0.3) is 0 Å². The van der Waals surface area contributed by atoms with Gasteiger partial charge < -0.3 is 15.0 Å². The molecule has 0 radical (unpaired) electrons. The van der Waals surface area contributed by atoms with Crippen molar-refractivity contribution in [2.24, 2.45) is 0 Å². The Kier molecular flexibility index (Phi) is 5.88. The van der Waals surface area contributed by atoms with Crippen molar-refractivity contribution >= 4 is 29.1 Å². The van der Waals surface area contributed by atoms with Crippen LogP contribution in [0.4, 0.5) is 5.69 Å². The molecule has 0 unspecified atom stereocenters. The maximum atomic E-state index is 12.5. The summed E-state index contributed by atoms with van der Waals surface area (Å²) in [4.78, 5) is 26.0. The summed E-state index contributed by atoms with van der Waals surface area (Å²) in [7, 11) is 0. The molecule has 1 aliphatic heterocycles. The molecule has 0 saturated carbocycles. The maximum Gasteiger partial charge on any atom is 0.227 e. The predicted molar refractivity (Wildman–Crippen MR) is 91.0 cm³/mol. The van der Waals surface area contributed by atoms with Crippen LogP contribution in [-0.4, -0.2) is 30.5 Å². The largest absolute Gasteiger partial charge is 0.487 e. The number of fused-ring (bicyclic) bond motifs is 1. The van der Waals surface area contributed by atoms with Gasteiger partial charge in [-0.3, -0.25) is 9.59 Å². The minimum Gasteiger partial charge on any atom is -0.487 e. The minimum atomic E-state index is -0.0969. The average molecular weight is 339 g/mol. The zero-order valence-corrected chi connectivity index (χ0v) is 14.5. The second-order valence-electron chi connectivity index (χ2n) is 5.92. The molecular weight excluding hydrogens is 316 g/mol. The van der Waals surface area contributed by atoms with E-state index in [0.29, 0.717) is 23.0 Å². The van der Waals surface area contributed by atoms with Gasteiger partial charge in [0.15, 0.2) is 0 Å². The Morgan fingerprint density at radius 3 is 2.87 bits per heavy atom. The van der Waals surface area contributed by atoms with Gasteiger partial charge in [-0.1, -0.05) is 18.5 Å². The lowest BCUT2D eigenvalue weighted by Gasteiger charge is -2.33. The van der Waals surface area contributed by atoms with Crippen molar-refractivity contribution in [3.05, 3.63) is 23.2 Å². The van der Waals surface area contributed by atoms with Crippen molar-refractivity contribution in [1.29, 1.82) is 0 Å². The molecule has 0 saturated heterocycles. The van der Waals surface area contributed by atoms with Crippen molar-refractivity contribution in [1.82, 2.24) is 5.32 Å². The Morgan fingerprint density at radius 1 is 1.43 bits per heavy atom. The van der Waals surface area contributed by atoms with E-state index in [1.165, 1.54) is 0 Å². The summed E-state index contributed by atoms with van der Waals surface area (Å²) in [5.74, 6) is 0.453. The smallest absolute Gasteiger partial charge is 0.227 e. The third-order valence-corrected chi connectivity index (χ3v) is 4.10. The highest BCUT2D eigenvalue weighted by atomic mass is 35.5. The Hall–Kier alpha value is -1.75. The molecule has 0 aromatic heterocycles. The molecule has 2 amide bonds. The number of ether oxygens (including phenoxy) is 1. The summed E-state index contributed by atoms with van der Waals surface area (Å²) in [6.45, 7) is 6.32. The van der Waals surface area contributed by atoms with Gasteiger partial charge in [0.1, 0.15) is 11.9 Å². The summed E-state index contributed by atoms with van der Waals surface area (Å²) in [6.07, 6.45) is 1.12. The fourth-order valence-electron chi connectivity index (χ4n) is 2.45. The number of nitrogens with one attached hydrogen (secondary N) is 1. The SMILES string of the molecule is CC[C@@H](C)NC(=O)CCC(=O)N1C[C@@H](C)Oc2ccc(Cl)cc21. The first-order chi connectivity index (χ1) is 10.9. The van der Waals surface area contributed by atoms with Gasteiger partial charge in [0.2, 0.25) is 11.8 Å². The predicted octanol–water partition coefficient (Wildman–Crippen LogP) is 3.15. The number of benzene rings is 1. The van der Waals surface area contributed by atoms with E-state index in [-0.39, 0.29) is 36.8 Å². The molecule has 5 nitrogen and oxygen atoms in total. The number of hydrogen-bond acceptors (Lipinski definition) is 3. The number of rotatable bonds is 5. The number of hydrogen-bond donors (Lipinski definition) is 1. The van der Waals surface area contributed by atoms with Crippen LogP contribution in [0, 0.1) is 0 Å². The Bertz CT molecular complexity index is 591. The Balaban J connectivity index is 2.02. The molecule has 1 aromatic rings. The third-order valence-electron chi connectivity index (χ3n) is 3.87. The lowest BCUT2D eigenvalue weighted by atomic mass is 10.1. The van der Waals surface area contributed by atoms with E-state index in [1.807, 2.05) is 20.8 Å². The highest BCUT2D eigenvalue weighted by Gasteiger charge is 2.28. The molecule has 1 heterocycles. The van der Waals surface area contributed by atoms with Crippen LogP contribution >= 0.6 is 11.6 Å². The summed E-state index contributed by atoms with van der Waals surface area (Å²) in [6, 6.07) is 5.35. The molecule has 126 valence electrons. The van der Waals surface area contributed by atoms with Crippen LogP contribution in [-0.2, 0) is 9.59 Å². The van der Waals surface area contributed by atoms with Gasteiger partial charge in [-0.25, -0.2) is 0 Å². The molecule has 0 bridgehead atoms. The molecule has 1 aromatic carbocycles. The van der Waals surface area contributed by atoms with Crippen molar-refractivity contribution < 1.29 is 14.3 Å². The van der Waals surface area contributed by atoms with E-state index in [1.54, 1.807) is 23.1 Å². The first-order valence-corrected chi connectivity index (χ1v) is 8.34. The van der Waals surface area contributed by atoms with Crippen LogP contribution in [0.15, 0.2) is 18.2 Å². The molecule has 1 aliphatic rings. The van der Waals surface area contributed by atoms with Crippen molar-refractivity contribution in [2.45, 2.75) is 52.2 Å². The first kappa shape index (κ1) is 17.6. The summed E-state index contributed by atoms with van der Waals surface area (Å²) >= 11 is 6.03. The van der Waals surface area contributed by atoms with E-state index in [2.05, 4.69) is 5.32 Å². The van der Waals surface area contributed by atoms with Crippen LogP contribution in [0.25, 0.3) is 0 Å². The van der Waals surface area contributed by atoms with Crippen molar-refractivity contribution in [2.75, 3.05) is 11.4 Å². The van der Waals surface area contributed by atoms with Crippen LogP contribution in [0.3, 0.4) is 0 Å². The van der Waals surface area contributed by atoms with E-state index in [4.69, 9.17) is 16.3 Å². The number of nitrogens with zero attached hydrogens (tertiary/aromatic N) is 1. The molecule has 6 heteroatoms. The summed E-state index contributed by atoms with van der Waals surface area (Å²) < 4.78 is 5.73. The zero-order chi connectivity index (χ0) is 17.0. The monoisotopic (exact) mass is 338 g/mol. The lowest BCUT2D eigenvalue weighted by Crippen LogP contribution is -2.42. The summed E-state index contributed by atoms with van der Waals surface area (Å²) in [5, 5.41) is 3.42. The van der Waals surface area contributed by atoms with E-state index >= 15 is 0 Å². The molecule has 23 heavy (non-hydrogen) atoms. The second kappa shape index (κ2) is 7.68. The lowest BCUT2D eigenvalue weighted by molar-refractivity contribution is -0.125. The third kappa shape index (κ3) is 4.61. The molecular formula is C17H23ClN2O3. The van der Waals surface area contributed by atoms with Crippen LogP contribution in [0.1, 0.15) is 40.0 Å². The summed E-state index contributed by atoms with van der Waals surface area (Å²) in [5.41, 5.74) is 0.669. The van der Waals surface area contributed by atoms with Gasteiger partial charge in [0, 0.05) is 23.9 Å². The van der Waals surface area contributed by atoms with Gasteiger partial charge in [0.05, 0.1) is 12.2 Å². The van der Waals surface area contributed by atoms with E-state index in [9.17, 15) is 9.59 Å². The molecule has 0 spiro atoms. The average Bonchev–Trinajstić information content (AvgIpc) is 2.52. The number of carbonyl (C=O) groups excluding carboxylic acids is 2. The van der Waals surface area contributed by atoms with Gasteiger partial charge in [-0.05, 0) is 38.5 Å². The minimum absolute atomic E-state index is 0.0945. The molecule has 0 aliphatic carbocycles. The Labute approximate surface area is 141 Å². The first-order valence-electron chi connectivity index (χ1n) is 7.96. The van der Waals surface area contributed by atoms with E-state index < -0.39 is 0 Å². The number of anilines is 1. The highest BCUT2D eigenvalue weighted by molar-refractivity contribution is 6.31. The maximum absolute atomic E-state index is 12.5. The number of amides is 2. The Morgan fingerprint density at radius 2 is 2.17 bits per heavy atom. The fraction of sp³-hybridized carbons (Fsp3) is 0.529. The topological polar surface area (TPSA) is 58.6 Å². The number of carbonyl (C=O) groups is 2. The second-order valence-corrected chi connectivity index (χ2v) is 6.36. The van der Waals surface area contributed by atoms with E-state index in [0.717, 1.165) is 6.42 Å². The normalized spacial score (nSPS) is 17.9. The van der Waals surface area contributed by atoms with Crippen LogP contribution in [0.2, 0.25) is 5.02 Å². The standard InChI is InChI=1S/C17H23ClN2O3/c1-4-11(2)19-16(21)7-8-17(22)20-10-12(3)23-15-6-5-13(18)9-14(15)20/h5-6,9,11-12H,4,7-8,10H2,1-3H3,(H,19,21)/t11-,12-/m1/s1. The molecule has 1 N–H and O–H groups in total. The molecule has 2 rings (SSSR count).